The van der Waals surface area contributed by atoms with Crippen LogP contribution in [0.15, 0.2) is 18.2 Å². The molecular formula is C13H16ClN3. The van der Waals surface area contributed by atoms with E-state index in [0.717, 1.165) is 27.7 Å². The van der Waals surface area contributed by atoms with Gasteiger partial charge in [-0.2, -0.15) is 5.10 Å². The number of hydrogen-bond acceptors (Lipinski definition) is 2. The molecule has 0 atom stereocenters. The van der Waals surface area contributed by atoms with Gasteiger partial charge in [0.25, 0.3) is 0 Å². The highest BCUT2D eigenvalue weighted by molar-refractivity contribution is 6.31. The third-order valence-electron chi connectivity index (χ3n) is 3.10. The van der Waals surface area contributed by atoms with Gasteiger partial charge >= 0.3 is 0 Å². The van der Waals surface area contributed by atoms with Crippen LogP contribution in [0.2, 0.25) is 5.02 Å². The number of halogens is 1. The zero-order chi connectivity index (χ0) is 12.6. The topological polar surface area (TPSA) is 43.8 Å². The molecule has 0 saturated carbocycles. The summed E-state index contributed by atoms with van der Waals surface area (Å²) >= 11 is 6.13. The molecule has 1 heterocycles. The molecule has 1 aromatic heterocycles. The Bertz CT molecular complexity index is 558. The van der Waals surface area contributed by atoms with E-state index in [1.165, 1.54) is 5.56 Å². The second kappa shape index (κ2) is 4.41. The van der Waals surface area contributed by atoms with Crippen molar-refractivity contribution in [3.63, 3.8) is 0 Å². The molecule has 0 aliphatic heterocycles. The number of anilines is 1. The monoisotopic (exact) mass is 249 g/mol. The minimum atomic E-state index is 0.705. The van der Waals surface area contributed by atoms with Gasteiger partial charge in [0.2, 0.25) is 0 Å². The molecule has 0 fully saturated rings. The Labute approximate surface area is 106 Å². The Balaban J connectivity index is 2.38. The lowest BCUT2D eigenvalue weighted by Crippen LogP contribution is -2.06. The van der Waals surface area contributed by atoms with Crippen molar-refractivity contribution in [2.75, 3.05) is 5.73 Å². The first-order valence-corrected chi connectivity index (χ1v) is 5.92. The lowest BCUT2D eigenvalue weighted by atomic mass is 10.1. The first kappa shape index (κ1) is 12.0. The molecule has 0 radical (unpaired) electrons. The van der Waals surface area contributed by atoms with Crippen molar-refractivity contribution in [1.82, 2.24) is 9.78 Å². The van der Waals surface area contributed by atoms with E-state index in [2.05, 4.69) is 11.2 Å². The molecule has 0 amide bonds. The van der Waals surface area contributed by atoms with Crippen LogP contribution in [0.4, 0.5) is 5.69 Å². The number of hydrogen-bond donors (Lipinski definition) is 1. The predicted molar refractivity (Wildman–Crippen MR) is 71.4 cm³/mol. The smallest absolute Gasteiger partial charge is 0.0844 e. The molecule has 0 spiro atoms. The second-order valence-corrected chi connectivity index (χ2v) is 4.65. The SMILES string of the molecule is Cc1nn(Cc2cccc(N)c2C)c(C)c1Cl. The molecule has 0 bridgehead atoms. The number of nitrogen functional groups attached to an aromatic ring is 1. The van der Waals surface area contributed by atoms with E-state index in [1.54, 1.807) is 0 Å². The van der Waals surface area contributed by atoms with Gasteiger partial charge in [-0.05, 0) is 38.0 Å². The number of nitrogens with two attached hydrogens (primary N) is 1. The summed E-state index contributed by atoms with van der Waals surface area (Å²) < 4.78 is 1.92. The van der Waals surface area contributed by atoms with Crippen LogP contribution < -0.4 is 5.73 Å². The maximum atomic E-state index is 6.13. The molecule has 0 unspecified atom stereocenters. The number of aromatic nitrogens is 2. The van der Waals surface area contributed by atoms with Crippen LogP contribution in [0.1, 0.15) is 22.5 Å². The van der Waals surface area contributed by atoms with E-state index in [1.807, 2.05) is 37.6 Å². The van der Waals surface area contributed by atoms with Crippen molar-refractivity contribution in [1.29, 1.82) is 0 Å². The van der Waals surface area contributed by atoms with Crippen molar-refractivity contribution in [3.05, 3.63) is 45.7 Å². The molecule has 2 N–H and O–H groups in total. The molecule has 4 heteroatoms. The van der Waals surface area contributed by atoms with Gasteiger partial charge in [0.1, 0.15) is 0 Å². The van der Waals surface area contributed by atoms with Crippen LogP contribution >= 0.6 is 11.6 Å². The summed E-state index contributed by atoms with van der Waals surface area (Å²) in [6, 6.07) is 5.94. The molecule has 0 saturated heterocycles. The fourth-order valence-corrected chi connectivity index (χ4v) is 2.00. The van der Waals surface area contributed by atoms with Crippen LogP contribution in [-0.2, 0) is 6.54 Å². The van der Waals surface area contributed by atoms with Crippen LogP contribution in [0, 0.1) is 20.8 Å². The normalized spacial score (nSPS) is 10.8. The quantitative estimate of drug-likeness (QED) is 0.832. The zero-order valence-corrected chi connectivity index (χ0v) is 11.0. The molecule has 2 aromatic rings. The number of aryl methyl sites for hydroxylation is 1. The maximum absolute atomic E-state index is 6.13. The molecule has 2 rings (SSSR count). The van der Waals surface area contributed by atoms with Gasteiger partial charge in [-0.25, -0.2) is 0 Å². The average Bonchev–Trinajstić information content (AvgIpc) is 2.53. The molecule has 0 aliphatic carbocycles. The zero-order valence-electron chi connectivity index (χ0n) is 10.3. The van der Waals surface area contributed by atoms with Gasteiger partial charge in [0.15, 0.2) is 0 Å². The van der Waals surface area contributed by atoms with E-state index in [9.17, 15) is 0 Å². The minimum Gasteiger partial charge on any atom is -0.399 e. The maximum Gasteiger partial charge on any atom is 0.0844 e. The first-order chi connectivity index (χ1) is 8.00. The van der Waals surface area contributed by atoms with E-state index in [4.69, 9.17) is 17.3 Å². The third kappa shape index (κ3) is 2.15. The number of rotatable bonds is 2. The highest BCUT2D eigenvalue weighted by Crippen LogP contribution is 2.22. The van der Waals surface area contributed by atoms with Gasteiger partial charge in [-0.1, -0.05) is 23.7 Å². The van der Waals surface area contributed by atoms with E-state index in [0.29, 0.717) is 6.54 Å². The summed E-state index contributed by atoms with van der Waals surface area (Å²) in [5.41, 5.74) is 10.8. The molecule has 1 aromatic carbocycles. The van der Waals surface area contributed by atoms with Crippen molar-refractivity contribution in [2.45, 2.75) is 27.3 Å². The summed E-state index contributed by atoms with van der Waals surface area (Å²) in [4.78, 5) is 0. The number of nitrogens with zero attached hydrogens (tertiary/aromatic N) is 2. The number of benzene rings is 1. The van der Waals surface area contributed by atoms with E-state index in [-0.39, 0.29) is 0 Å². The third-order valence-corrected chi connectivity index (χ3v) is 3.65. The van der Waals surface area contributed by atoms with Crippen LogP contribution in [0.25, 0.3) is 0 Å². The van der Waals surface area contributed by atoms with Crippen molar-refractivity contribution in [3.8, 4) is 0 Å². The van der Waals surface area contributed by atoms with Gasteiger partial charge < -0.3 is 5.73 Å². The summed E-state index contributed by atoms with van der Waals surface area (Å²) in [6.07, 6.45) is 0. The van der Waals surface area contributed by atoms with E-state index >= 15 is 0 Å². The molecule has 0 aliphatic rings. The van der Waals surface area contributed by atoms with Gasteiger partial charge in [0.05, 0.1) is 23.0 Å². The van der Waals surface area contributed by atoms with E-state index < -0.39 is 0 Å². The predicted octanol–water partition coefficient (Wildman–Crippen LogP) is 3.09. The van der Waals surface area contributed by atoms with Gasteiger partial charge in [0, 0.05) is 5.69 Å². The van der Waals surface area contributed by atoms with Crippen LogP contribution in [-0.4, -0.2) is 9.78 Å². The summed E-state index contributed by atoms with van der Waals surface area (Å²) in [5.74, 6) is 0. The first-order valence-electron chi connectivity index (χ1n) is 5.54. The summed E-state index contributed by atoms with van der Waals surface area (Å²) in [5, 5.41) is 5.16. The molecule has 3 nitrogen and oxygen atoms in total. The summed E-state index contributed by atoms with van der Waals surface area (Å²) in [7, 11) is 0. The Morgan fingerprint density at radius 2 is 2.00 bits per heavy atom. The van der Waals surface area contributed by atoms with Gasteiger partial charge in [-0.3, -0.25) is 4.68 Å². The highest BCUT2D eigenvalue weighted by atomic mass is 35.5. The largest absolute Gasteiger partial charge is 0.399 e. The Hall–Kier alpha value is -1.48. The lowest BCUT2D eigenvalue weighted by Gasteiger charge is -2.09. The lowest BCUT2D eigenvalue weighted by molar-refractivity contribution is 0.657. The Kier molecular flexibility index (Phi) is 3.11. The Morgan fingerprint density at radius 1 is 1.29 bits per heavy atom. The van der Waals surface area contributed by atoms with Gasteiger partial charge in [-0.15, -0.1) is 0 Å². The van der Waals surface area contributed by atoms with Crippen LogP contribution in [0.3, 0.4) is 0 Å². The molecule has 17 heavy (non-hydrogen) atoms. The fourth-order valence-electron chi connectivity index (χ4n) is 1.86. The minimum absolute atomic E-state index is 0.705. The molecule has 90 valence electrons. The van der Waals surface area contributed by atoms with Crippen molar-refractivity contribution < 1.29 is 0 Å². The molecular weight excluding hydrogens is 234 g/mol. The standard InChI is InChI=1S/C13H16ClN3/c1-8-11(5-4-6-12(8)15)7-17-10(3)13(14)9(2)16-17/h4-6H,7,15H2,1-3H3. The Morgan fingerprint density at radius 3 is 2.59 bits per heavy atom. The summed E-state index contributed by atoms with van der Waals surface area (Å²) in [6.45, 7) is 6.62. The van der Waals surface area contributed by atoms with Crippen LogP contribution in [0.5, 0.6) is 0 Å². The average molecular weight is 250 g/mol. The van der Waals surface area contributed by atoms with Crippen molar-refractivity contribution in [2.24, 2.45) is 0 Å². The van der Waals surface area contributed by atoms with Crippen molar-refractivity contribution >= 4 is 17.3 Å². The highest BCUT2D eigenvalue weighted by Gasteiger charge is 2.10. The fraction of sp³-hybridized carbons (Fsp3) is 0.308. The second-order valence-electron chi connectivity index (χ2n) is 4.27.